The third-order valence-electron chi connectivity index (χ3n) is 2.08. The highest BCUT2D eigenvalue weighted by Gasteiger charge is 2.16. The number of methoxy groups -OCH3 is 1. The molecule has 0 N–H and O–H groups in total. The first-order chi connectivity index (χ1) is 7.13. The Hall–Kier alpha value is -1.98. The molecular weight excluding hydrogens is 196 g/mol. The summed E-state index contributed by atoms with van der Waals surface area (Å²) in [5.41, 5.74) is 0.885. The molecule has 0 unspecified atom stereocenters. The van der Waals surface area contributed by atoms with Crippen molar-refractivity contribution >= 4 is 17.0 Å². The lowest BCUT2D eigenvalue weighted by atomic mass is 10.3. The van der Waals surface area contributed by atoms with Gasteiger partial charge in [-0.1, -0.05) is 0 Å². The van der Waals surface area contributed by atoms with Crippen molar-refractivity contribution in [2.24, 2.45) is 7.05 Å². The Morgan fingerprint density at radius 2 is 2.20 bits per heavy atom. The summed E-state index contributed by atoms with van der Waals surface area (Å²) in [7, 11) is 3.08. The number of rotatable bonds is 1. The maximum atomic E-state index is 11.4. The minimum absolute atomic E-state index is 0.258. The molecule has 0 aromatic carbocycles. The lowest BCUT2D eigenvalue weighted by Gasteiger charge is -2.01. The molecule has 6 heteroatoms. The van der Waals surface area contributed by atoms with Gasteiger partial charge in [0.1, 0.15) is 5.82 Å². The van der Waals surface area contributed by atoms with Gasteiger partial charge in [-0.05, 0) is 6.92 Å². The number of aromatic nitrogens is 4. The van der Waals surface area contributed by atoms with E-state index in [2.05, 4.69) is 19.8 Å². The van der Waals surface area contributed by atoms with E-state index in [1.165, 1.54) is 7.11 Å². The Labute approximate surface area is 85.9 Å². The van der Waals surface area contributed by atoms with Crippen LogP contribution in [0.2, 0.25) is 0 Å². The van der Waals surface area contributed by atoms with Gasteiger partial charge in [-0.15, -0.1) is 0 Å². The predicted molar refractivity (Wildman–Crippen MR) is 52.4 cm³/mol. The zero-order chi connectivity index (χ0) is 11.0. The second-order valence-electron chi connectivity index (χ2n) is 3.12. The topological polar surface area (TPSA) is 69.9 Å². The second-order valence-corrected chi connectivity index (χ2v) is 3.12. The molecule has 0 amide bonds. The molecule has 2 heterocycles. The lowest BCUT2D eigenvalue weighted by molar-refractivity contribution is 0.0596. The van der Waals surface area contributed by atoms with Gasteiger partial charge < -0.3 is 4.74 Å². The molecule has 2 aromatic rings. The van der Waals surface area contributed by atoms with Crippen molar-refractivity contribution in [3.05, 3.63) is 17.7 Å². The minimum atomic E-state index is -0.474. The van der Waals surface area contributed by atoms with Crippen molar-refractivity contribution in [2.75, 3.05) is 7.11 Å². The maximum absolute atomic E-state index is 11.4. The van der Waals surface area contributed by atoms with Crippen LogP contribution in [0.15, 0.2) is 6.20 Å². The van der Waals surface area contributed by atoms with Gasteiger partial charge in [0, 0.05) is 7.05 Å². The van der Waals surface area contributed by atoms with Gasteiger partial charge in [-0.3, -0.25) is 4.68 Å². The Bertz CT molecular complexity index is 532. The van der Waals surface area contributed by atoms with Gasteiger partial charge in [-0.25, -0.2) is 14.8 Å². The van der Waals surface area contributed by atoms with Crippen molar-refractivity contribution in [2.45, 2.75) is 6.92 Å². The van der Waals surface area contributed by atoms with Crippen LogP contribution in [0.3, 0.4) is 0 Å². The van der Waals surface area contributed by atoms with Crippen LogP contribution in [0.4, 0.5) is 0 Å². The van der Waals surface area contributed by atoms with Crippen molar-refractivity contribution in [3.8, 4) is 0 Å². The molecular formula is C9H10N4O2. The lowest BCUT2D eigenvalue weighted by Crippen LogP contribution is -2.07. The summed E-state index contributed by atoms with van der Waals surface area (Å²) in [6.45, 7) is 1.72. The molecule has 0 fully saturated rings. The number of esters is 1. The Morgan fingerprint density at radius 1 is 1.47 bits per heavy atom. The number of nitrogens with zero attached hydrogens (tertiary/aromatic N) is 4. The second kappa shape index (κ2) is 3.30. The van der Waals surface area contributed by atoms with E-state index in [0.717, 1.165) is 0 Å². The fourth-order valence-electron chi connectivity index (χ4n) is 1.38. The zero-order valence-corrected chi connectivity index (χ0v) is 8.68. The van der Waals surface area contributed by atoms with Gasteiger partial charge in [0.15, 0.2) is 11.3 Å². The molecule has 0 saturated carbocycles. The molecule has 0 radical (unpaired) electrons. The molecule has 0 aliphatic rings. The van der Waals surface area contributed by atoms with Crippen molar-refractivity contribution < 1.29 is 9.53 Å². The number of aryl methyl sites for hydroxylation is 2. The minimum Gasteiger partial charge on any atom is -0.464 e. The number of carbonyl (C=O) groups excluding carboxylic acids is 1. The Kier molecular flexibility index (Phi) is 2.11. The van der Waals surface area contributed by atoms with Crippen LogP contribution in [0, 0.1) is 6.92 Å². The quantitative estimate of drug-likeness (QED) is 0.634. The third-order valence-corrected chi connectivity index (χ3v) is 2.08. The van der Waals surface area contributed by atoms with E-state index in [0.29, 0.717) is 16.9 Å². The largest absolute Gasteiger partial charge is 0.464 e. The van der Waals surface area contributed by atoms with Crippen LogP contribution in [-0.4, -0.2) is 32.8 Å². The van der Waals surface area contributed by atoms with Gasteiger partial charge in [0.05, 0.1) is 18.7 Å². The fraction of sp³-hybridized carbons (Fsp3) is 0.333. The average Bonchev–Trinajstić information content (AvgIpc) is 2.58. The number of carbonyl (C=O) groups is 1. The van der Waals surface area contributed by atoms with E-state index in [1.807, 2.05) is 0 Å². The summed E-state index contributed by atoms with van der Waals surface area (Å²) in [6, 6.07) is 0. The summed E-state index contributed by atoms with van der Waals surface area (Å²) in [6.07, 6.45) is 1.56. The standard InChI is InChI=1S/C9H10N4O2/c1-5-11-7(9(14)15-3)6-4-10-13(2)8(6)12-5/h4H,1-3H3. The highest BCUT2D eigenvalue weighted by atomic mass is 16.5. The van der Waals surface area contributed by atoms with E-state index in [4.69, 9.17) is 0 Å². The SMILES string of the molecule is COC(=O)c1nc(C)nc2c1cnn2C. The van der Waals surface area contributed by atoms with Crippen LogP contribution in [0.25, 0.3) is 11.0 Å². The summed E-state index contributed by atoms with van der Waals surface area (Å²) >= 11 is 0. The first kappa shape index (κ1) is 9.57. The first-order valence-electron chi connectivity index (χ1n) is 4.38. The van der Waals surface area contributed by atoms with Gasteiger partial charge >= 0.3 is 5.97 Å². The number of hydrogen-bond acceptors (Lipinski definition) is 5. The summed E-state index contributed by atoms with van der Waals surface area (Å²) in [4.78, 5) is 19.7. The van der Waals surface area contributed by atoms with E-state index < -0.39 is 5.97 Å². The maximum Gasteiger partial charge on any atom is 0.357 e. The van der Waals surface area contributed by atoms with E-state index in [9.17, 15) is 4.79 Å². The number of fused-ring (bicyclic) bond motifs is 1. The van der Waals surface area contributed by atoms with Crippen molar-refractivity contribution in [1.29, 1.82) is 0 Å². The molecule has 0 spiro atoms. The van der Waals surface area contributed by atoms with E-state index in [1.54, 1.807) is 24.9 Å². The molecule has 0 aliphatic heterocycles. The number of hydrogen-bond donors (Lipinski definition) is 0. The molecule has 0 saturated heterocycles. The fourth-order valence-corrected chi connectivity index (χ4v) is 1.38. The Morgan fingerprint density at radius 3 is 2.87 bits per heavy atom. The number of ether oxygens (including phenoxy) is 1. The summed E-state index contributed by atoms with van der Waals surface area (Å²) < 4.78 is 6.24. The first-order valence-corrected chi connectivity index (χ1v) is 4.38. The van der Waals surface area contributed by atoms with E-state index >= 15 is 0 Å². The van der Waals surface area contributed by atoms with Crippen molar-refractivity contribution in [3.63, 3.8) is 0 Å². The van der Waals surface area contributed by atoms with Crippen LogP contribution in [0.5, 0.6) is 0 Å². The predicted octanol–water partition coefficient (Wildman–Crippen LogP) is 0.458. The molecule has 15 heavy (non-hydrogen) atoms. The molecule has 6 nitrogen and oxygen atoms in total. The molecule has 0 aliphatic carbocycles. The summed E-state index contributed by atoms with van der Waals surface area (Å²) in [5, 5.41) is 4.63. The third kappa shape index (κ3) is 1.43. The molecule has 2 rings (SSSR count). The van der Waals surface area contributed by atoms with E-state index in [-0.39, 0.29) is 5.69 Å². The zero-order valence-electron chi connectivity index (χ0n) is 8.68. The molecule has 78 valence electrons. The van der Waals surface area contributed by atoms with Crippen LogP contribution < -0.4 is 0 Å². The average molecular weight is 206 g/mol. The highest BCUT2D eigenvalue weighted by molar-refractivity contribution is 6.00. The van der Waals surface area contributed by atoms with Crippen LogP contribution in [-0.2, 0) is 11.8 Å². The van der Waals surface area contributed by atoms with Gasteiger partial charge in [-0.2, -0.15) is 5.10 Å². The van der Waals surface area contributed by atoms with Gasteiger partial charge in [0.25, 0.3) is 0 Å². The van der Waals surface area contributed by atoms with Gasteiger partial charge in [0.2, 0.25) is 0 Å². The molecule has 2 aromatic heterocycles. The highest BCUT2D eigenvalue weighted by Crippen LogP contribution is 2.15. The Balaban J connectivity index is 2.78. The molecule has 0 bridgehead atoms. The normalized spacial score (nSPS) is 10.6. The van der Waals surface area contributed by atoms with Crippen molar-refractivity contribution in [1.82, 2.24) is 19.7 Å². The monoisotopic (exact) mass is 206 g/mol. The smallest absolute Gasteiger partial charge is 0.357 e. The van der Waals surface area contributed by atoms with Crippen LogP contribution in [0.1, 0.15) is 16.3 Å². The molecule has 0 atom stereocenters. The van der Waals surface area contributed by atoms with Crippen LogP contribution >= 0.6 is 0 Å². The summed E-state index contributed by atoms with van der Waals surface area (Å²) in [5.74, 6) is 0.0463.